The summed E-state index contributed by atoms with van der Waals surface area (Å²) in [6.45, 7) is 2.70. The summed E-state index contributed by atoms with van der Waals surface area (Å²) in [7, 11) is 3.01. The second-order valence-electron chi connectivity index (χ2n) is 5.84. The Labute approximate surface area is 131 Å². The van der Waals surface area contributed by atoms with Crippen molar-refractivity contribution < 1.29 is 14.4 Å². The third kappa shape index (κ3) is 3.68. The van der Waals surface area contributed by atoms with Crippen LogP contribution in [-0.4, -0.2) is 25.2 Å². The second kappa shape index (κ2) is 7.45. The fourth-order valence-electron chi connectivity index (χ4n) is 3.08. The van der Waals surface area contributed by atoms with E-state index in [9.17, 15) is 10.1 Å². The number of hydrogen-bond acceptors (Lipinski definition) is 5. The van der Waals surface area contributed by atoms with Crippen LogP contribution in [0.3, 0.4) is 0 Å². The molecule has 1 N–H and O–H groups in total. The zero-order valence-electron chi connectivity index (χ0n) is 13.4. The van der Waals surface area contributed by atoms with Crippen molar-refractivity contribution in [1.82, 2.24) is 5.32 Å². The number of nitro benzene ring substituents is 1. The lowest BCUT2D eigenvalue weighted by Crippen LogP contribution is -2.36. The van der Waals surface area contributed by atoms with Crippen LogP contribution in [0.25, 0.3) is 0 Å². The van der Waals surface area contributed by atoms with E-state index in [2.05, 4.69) is 12.2 Å². The highest BCUT2D eigenvalue weighted by molar-refractivity contribution is 5.54. The SMILES string of the molecule is COc1cc(CN[C@@H]2CCCC[C@H]2C)c([N+](=O)[O-])cc1OC. The van der Waals surface area contributed by atoms with Crippen molar-refractivity contribution in [3.05, 3.63) is 27.8 Å². The predicted octanol–water partition coefficient (Wildman–Crippen LogP) is 3.28. The number of nitrogens with one attached hydrogen (secondary N) is 1. The first kappa shape index (κ1) is 16.5. The lowest BCUT2D eigenvalue weighted by molar-refractivity contribution is -0.385. The van der Waals surface area contributed by atoms with Crippen molar-refractivity contribution in [1.29, 1.82) is 0 Å². The number of rotatable bonds is 6. The summed E-state index contributed by atoms with van der Waals surface area (Å²) in [5.41, 5.74) is 0.689. The summed E-state index contributed by atoms with van der Waals surface area (Å²) in [4.78, 5) is 10.9. The largest absolute Gasteiger partial charge is 0.493 e. The summed E-state index contributed by atoms with van der Waals surface area (Å²) in [5, 5.41) is 14.8. The van der Waals surface area contributed by atoms with Crippen molar-refractivity contribution in [2.24, 2.45) is 5.92 Å². The van der Waals surface area contributed by atoms with Gasteiger partial charge in [-0.15, -0.1) is 0 Å². The number of methoxy groups -OCH3 is 2. The highest BCUT2D eigenvalue weighted by atomic mass is 16.6. The van der Waals surface area contributed by atoms with E-state index in [4.69, 9.17) is 9.47 Å². The van der Waals surface area contributed by atoms with E-state index in [-0.39, 0.29) is 10.6 Å². The van der Waals surface area contributed by atoms with Gasteiger partial charge in [0.2, 0.25) is 0 Å². The molecule has 0 saturated heterocycles. The van der Waals surface area contributed by atoms with Crippen LogP contribution in [0.2, 0.25) is 0 Å². The monoisotopic (exact) mass is 308 g/mol. The summed E-state index contributed by atoms with van der Waals surface area (Å²) < 4.78 is 10.4. The minimum absolute atomic E-state index is 0.0635. The van der Waals surface area contributed by atoms with Gasteiger partial charge in [0.1, 0.15) is 0 Å². The Balaban J connectivity index is 2.19. The third-order valence-corrected chi connectivity index (χ3v) is 4.45. The van der Waals surface area contributed by atoms with Gasteiger partial charge in [-0.25, -0.2) is 0 Å². The molecule has 122 valence electrons. The predicted molar refractivity (Wildman–Crippen MR) is 84.5 cm³/mol. The minimum atomic E-state index is -0.372. The van der Waals surface area contributed by atoms with E-state index in [1.165, 1.54) is 39.5 Å². The van der Waals surface area contributed by atoms with Crippen LogP contribution in [0.15, 0.2) is 12.1 Å². The maximum Gasteiger partial charge on any atom is 0.277 e. The van der Waals surface area contributed by atoms with Gasteiger partial charge in [-0.2, -0.15) is 0 Å². The lowest BCUT2D eigenvalue weighted by Gasteiger charge is -2.29. The molecule has 0 bridgehead atoms. The van der Waals surface area contributed by atoms with E-state index in [0.717, 1.165) is 6.42 Å². The van der Waals surface area contributed by atoms with E-state index >= 15 is 0 Å². The normalized spacial score (nSPS) is 21.4. The second-order valence-corrected chi connectivity index (χ2v) is 5.84. The van der Waals surface area contributed by atoms with Crippen LogP contribution >= 0.6 is 0 Å². The molecule has 22 heavy (non-hydrogen) atoms. The highest BCUT2D eigenvalue weighted by Crippen LogP contribution is 2.34. The molecule has 0 aliphatic heterocycles. The molecule has 0 heterocycles. The molecular formula is C16H24N2O4. The van der Waals surface area contributed by atoms with E-state index in [0.29, 0.717) is 35.6 Å². The summed E-state index contributed by atoms with van der Waals surface area (Å²) in [5.74, 6) is 1.50. The van der Waals surface area contributed by atoms with Gasteiger partial charge in [-0.05, 0) is 24.8 Å². The molecule has 1 aromatic rings. The Bertz CT molecular complexity index is 533. The fraction of sp³-hybridized carbons (Fsp3) is 0.625. The molecule has 0 unspecified atom stereocenters. The van der Waals surface area contributed by atoms with Crippen LogP contribution in [0.1, 0.15) is 38.2 Å². The maximum absolute atomic E-state index is 11.3. The molecule has 6 heteroatoms. The molecule has 1 aliphatic rings. The number of benzene rings is 1. The van der Waals surface area contributed by atoms with Crippen LogP contribution in [0.4, 0.5) is 5.69 Å². The van der Waals surface area contributed by atoms with E-state index in [1.54, 1.807) is 6.07 Å². The van der Waals surface area contributed by atoms with Crippen molar-refractivity contribution in [3.8, 4) is 11.5 Å². The van der Waals surface area contributed by atoms with Gasteiger partial charge in [-0.3, -0.25) is 10.1 Å². The van der Waals surface area contributed by atoms with Gasteiger partial charge in [0.15, 0.2) is 11.5 Å². The molecule has 0 spiro atoms. The van der Waals surface area contributed by atoms with Crippen molar-refractivity contribution >= 4 is 5.69 Å². The Kier molecular flexibility index (Phi) is 5.60. The molecular weight excluding hydrogens is 284 g/mol. The molecule has 0 radical (unpaired) electrons. The summed E-state index contributed by atoms with van der Waals surface area (Å²) in [6, 6.07) is 3.54. The van der Waals surface area contributed by atoms with Crippen molar-refractivity contribution in [2.45, 2.75) is 45.2 Å². The van der Waals surface area contributed by atoms with Crippen LogP contribution < -0.4 is 14.8 Å². The van der Waals surface area contributed by atoms with Crippen LogP contribution in [-0.2, 0) is 6.54 Å². The smallest absolute Gasteiger partial charge is 0.277 e. The average molecular weight is 308 g/mol. The van der Waals surface area contributed by atoms with Gasteiger partial charge in [0.05, 0.1) is 25.2 Å². The first-order valence-electron chi connectivity index (χ1n) is 7.69. The lowest BCUT2D eigenvalue weighted by atomic mass is 9.86. The first-order valence-corrected chi connectivity index (χ1v) is 7.69. The number of nitrogens with zero attached hydrogens (tertiary/aromatic N) is 1. The molecule has 1 aromatic carbocycles. The molecule has 1 aliphatic carbocycles. The highest BCUT2D eigenvalue weighted by Gasteiger charge is 2.23. The van der Waals surface area contributed by atoms with Gasteiger partial charge in [0.25, 0.3) is 5.69 Å². The minimum Gasteiger partial charge on any atom is -0.493 e. The quantitative estimate of drug-likeness (QED) is 0.645. The van der Waals surface area contributed by atoms with Crippen molar-refractivity contribution in [3.63, 3.8) is 0 Å². The molecule has 0 aromatic heterocycles. The van der Waals surface area contributed by atoms with Gasteiger partial charge < -0.3 is 14.8 Å². The van der Waals surface area contributed by atoms with Crippen molar-refractivity contribution in [2.75, 3.05) is 14.2 Å². The standard InChI is InChI=1S/C16H24N2O4/c1-11-6-4-5-7-13(11)17-10-12-8-15(21-2)16(22-3)9-14(12)18(19)20/h8-9,11,13,17H,4-7,10H2,1-3H3/t11-,13-/m1/s1. The summed E-state index contributed by atoms with van der Waals surface area (Å²) in [6.07, 6.45) is 4.83. The number of hydrogen-bond donors (Lipinski definition) is 1. The average Bonchev–Trinajstić information content (AvgIpc) is 2.53. The molecule has 2 atom stereocenters. The van der Waals surface area contributed by atoms with E-state index in [1.807, 2.05) is 0 Å². The first-order chi connectivity index (χ1) is 10.6. The van der Waals surface area contributed by atoms with Gasteiger partial charge >= 0.3 is 0 Å². The zero-order chi connectivity index (χ0) is 16.1. The van der Waals surface area contributed by atoms with E-state index < -0.39 is 0 Å². The Morgan fingerprint density at radius 2 is 1.86 bits per heavy atom. The maximum atomic E-state index is 11.3. The third-order valence-electron chi connectivity index (χ3n) is 4.45. The topological polar surface area (TPSA) is 73.6 Å². The van der Waals surface area contributed by atoms with Crippen LogP contribution in [0, 0.1) is 16.0 Å². The van der Waals surface area contributed by atoms with Crippen LogP contribution in [0.5, 0.6) is 11.5 Å². The van der Waals surface area contributed by atoms with Gasteiger partial charge in [-0.1, -0.05) is 19.8 Å². The zero-order valence-corrected chi connectivity index (χ0v) is 13.4. The Hall–Kier alpha value is -1.82. The number of ether oxygens (including phenoxy) is 2. The Morgan fingerprint density at radius 1 is 1.23 bits per heavy atom. The number of nitro groups is 1. The molecule has 1 saturated carbocycles. The molecule has 1 fully saturated rings. The van der Waals surface area contributed by atoms with Gasteiger partial charge in [0, 0.05) is 18.2 Å². The summed E-state index contributed by atoms with van der Waals surface area (Å²) >= 11 is 0. The Morgan fingerprint density at radius 3 is 2.45 bits per heavy atom. The molecule has 0 amide bonds. The fourth-order valence-corrected chi connectivity index (χ4v) is 3.08. The molecule has 2 rings (SSSR count). The molecule has 6 nitrogen and oxygen atoms in total.